The highest BCUT2D eigenvalue weighted by Crippen LogP contribution is 2.61. The molecule has 3 saturated heterocycles. The molecule has 3 amide bonds. The molecular weight excluding hydrogens is 642 g/mol. The molecule has 45 heavy (non-hydrogen) atoms. The highest BCUT2D eigenvalue weighted by atomic mass is 79.9. The number of halogens is 1. The van der Waals surface area contributed by atoms with Crippen LogP contribution in [0.15, 0.2) is 55.6 Å². The zero-order valence-electron chi connectivity index (χ0n) is 26.6. The highest BCUT2D eigenvalue weighted by Gasteiger charge is 2.77. The lowest BCUT2D eigenvalue weighted by Gasteiger charge is -2.43. The van der Waals surface area contributed by atoms with Gasteiger partial charge in [0.05, 0.1) is 37.1 Å². The summed E-state index contributed by atoms with van der Waals surface area (Å²) >= 11 is 3.69. The number of nitrogens with zero attached hydrogens (tertiary/aromatic N) is 2. The average molecular weight is 689 g/mol. The Labute approximate surface area is 274 Å². The van der Waals surface area contributed by atoms with E-state index >= 15 is 0 Å². The van der Waals surface area contributed by atoms with Gasteiger partial charge in [-0.3, -0.25) is 19.2 Å². The van der Waals surface area contributed by atoms with Crippen molar-refractivity contribution in [1.82, 2.24) is 15.1 Å². The van der Waals surface area contributed by atoms with Crippen LogP contribution in [0.5, 0.6) is 0 Å². The van der Waals surface area contributed by atoms with E-state index in [1.807, 2.05) is 51.1 Å². The van der Waals surface area contributed by atoms with Crippen molar-refractivity contribution >= 4 is 39.6 Å². The Kier molecular flexibility index (Phi) is 11.0. The summed E-state index contributed by atoms with van der Waals surface area (Å²) in [4.78, 5) is 58.0. The molecule has 1 unspecified atom stereocenters. The largest absolute Gasteiger partial charge is 0.460 e. The number of ether oxygens (including phenoxy) is 2. The van der Waals surface area contributed by atoms with Gasteiger partial charge < -0.3 is 29.7 Å². The molecular formula is C34H46BrN3O7. The van der Waals surface area contributed by atoms with Crippen LogP contribution < -0.4 is 5.32 Å². The van der Waals surface area contributed by atoms with Gasteiger partial charge in [0.1, 0.15) is 17.7 Å². The molecule has 1 spiro atoms. The van der Waals surface area contributed by atoms with E-state index in [1.165, 1.54) is 4.90 Å². The van der Waals surface area contributed by atoms with Gasteiger partial charge in [0.15, 0.2) is 0 Å². The van der Waals surface area contributed by atoms with Crippen LogP contribution in [0.1, 0.15) is 52.5 Å². The minimum absolute atomic E-state index is 0.112. The number of aliphatic hydroxyl groups is 1. The Bertz CT molecular complexity index is 1280. The van der Waals surface area contributed by atoms with Gasteiger partial charge in [-0.25, -0.2) is 0 Å². The predicted octanol–water partition coefficient (Wildman–Crippen LogP) is 3.17. The average Bonchev–Trinajstić information content (AvgIpc) is 3.59. The third-order valence-electron chi connectivity index (χ3n) is 9.02. The molecule has 4 rings (SSSR count). The van der Waals surface area contributed by atoms with E-state index in [-0.39, 0.29) is 42.8 Å². The van der Waals surface area contributed by atoms with E-state index in [1.54, 1.807) is 24.0 Å². The summed E-state index contributed by atoms with van der Waals surface area (Å²) in [5.74, 6) is -3.50. The maximum absolute atomic E-state index is 14.7. The number of rotatable bonds is 14. The number of carbonyl (C=O) groups is 4. The first kappa shape index (κ1) is 34.8. The summed E-state index contributed by atoms with van der Waals surface area (Å²) in [6.07, 6.45) is 3.41. The smallest absolute Gasteiger partial charge is 0.312 e. The van der Waals surface area contributed by atoms with Gasteiger partial charge in [0, 0.05) is 23.3 Å². The Morgan fingerprint density at radius 3 is 2.53 bits per heavy atom. The van der Waals surface area contributed by atoms with Gasteiger partial charge in [-0.15, -0.1) is 13.2 Å². The molecule has 3 fully saturated rings. The fraction of sp³-hybridized carbons (Fsp3) is 0.588. The number of amides is 3. The SMILES string of the molecule is C=CCCC(=O)NC[C@H](C)OC(=O)[C@@H]1[C@H]2O[C@@]3(CC2Br)[C@H](C(=O)N(CC=C)C(C)(C)C)N([C@@H](CO)Cc2ccccc2)C(=O)[C@@H]13. The zero-order chi connectivity index (χ0) is 33.1. The van der Waals surface area contributed by atoms with Crippen molar-refractivity contribution in [2.45, 2.75) is 93.6 Å². The molecule has 0 saturated carbocycles. The molecule has 246 valence electrons. The molecule has 0 aliphatic carbocycles. The molecule has 11 heteroatoms. The Hall–Kier alpha value is -3.02. The number of allylic oxidation sites excluding steroid dienone is 1. The van der Waals surface area contributed by atoms with Crippen LogP contribution in [0.3, 0.4) is 0 Å². The molecule has 2 N–H and O–H groups in total. The minimum atomic E-state index is -1.31. The van der Waals surface area contributed by atoms with Crippen LogP contribution in [0.4, 0.5) is 0 Å². The summed E-state index contributed by atoms with van der Waals surface area (Å²) < 4.78 is 12.4. The van der Waals surface area contributed by atoms with Crippen molar-refractivity contribution in [1.29, 1.82) is 0 Å². The highest BCUT2D eigenvalue weighted by molar-refractivity contribution is 9.09. The number of esters is 1. The first-order valence-corrected chi connectivity index (χ1v) is 16.5. The molecule has 1 aromatic rings. The standard InChI is InChI=1S/C34H46BrN3O7/c1-7-9-15-25(40)36-19-21(3)44-32(43)26-27-30(41)38(23(20-39)17-22-13-11-10-12-14-22)29(34(27)18-24(35)28(26)45-34)31(42)37(16-8-2)33(4,5)6/h7-8,10-14,21,23-24,26-29,39H,1-2,9,15-20H2,3-6H3,(H,36,40)/t21-,23+,24?,26-,27+,28-,29-,34+/m0/s1. The summed E-state index contributed by atoms with van der Waals surface area (Å²) in [6.45, 7) is 14.8. The second-order valence-corrected chi connectivity index (χ2v) is 14.4. The van der Waals surface area contributed by atoms with Crippen LogP contribution >= 0.6 is 15.9 Å². The number of carbonyl (C=O) groups excluding carboxylic acids is 4. The number of nitrogens with one attached hydrogen (secondary N) is 1. The van der Waals surface area contributed by atoms with Crippen LogP contribution in [0.25, 0.3) is 0 Å². The maximum Gasteiger partial charge on any atom is 0.312 e. The fourth-order valence-electron chi connectivity index (χ4n) is 7.02. The van der Waals surface area contributed by atoms with Gasteiger partial charge >= 0.3 is 5.97 Å². The van der Waals surface area contributed by atoms with Crippen LogP contribution in [-0.4, -0.2) is 98.6 Å². The topological polar surface area (TPSA) is 125 Å². The van der Waals surface area contributed by atoms with Crippen molar-refractivity contribution in [2.24, 2.45) is 11.8 Å². The maximum atomic E-state index is 14.7. The molecule has 2 bridgehead atoms. The molecule has 10 nitrogen and oxygen atoms in total. The second kappa shape index (κ2) is 14.2. The number of aliphatic hydroxyl groups excluding tert-OH is 1. The summed E-state index contributed by atoms with van der Waals surface area (Å²) in [6, 6.07) is 7.64. The van der Waals surface area contributed by atoms with Crippen molar-refractivity contribution in [2.75, 3.05) is 19.7 Å². The first-order chi connectivity index (χ1) is 21.3. The number of likely N-dealkylation sites (tertiary alicyclic amines) is 1. The van der Waals surface area contributed by atoms with Crippen molar-refractivity contribution in [3.63, 3.8) is 0 Å². The molecule has 3 heterocycles. The number of hydrogen-bond donors (Lipinski definition) is 2. The van der Waals surface area contributed by atoms with E-state index in [0.29, 0.717) is 19.3 Å². The van der Waals surface area contributed by atoms with E-state index in [0.717, 1.165) is 5.56 Å². The molecule has 0 aromatic heterocycles. The summed E-state index contributed by atoms with van der Waals surface area (Å²) in [5.41, 5.74) is -1.03. The lowest BCUT2D eigenvalue weighted by atomic mass is 9.70. The van der Waals surface area contributed by atoms with Gasteiger partial charge in [-0.2, -0.15) is 0 Å². The lowest BCUT2D eigenvalue weighted by molar-refractivity contribution is -0.160. The lowest BCUT2D eigenvalue weighted by Crippen LogP contribution is -2.62. The number of alkyl halides is 1. The molecule has 0 radical (unpaired) electrons. The second-order valence-electron chi connectivity index (χ2n) is 13.2. The van der Waals surface area contributed by atoms with Crippen molar-refractivity contribution in [3.8, 4) is 0 Å². The number of hydrogen-bond acceptors (Lipinski definition) is 7. The quantitative estimate of drug-likeness (QED) is 0.175. The van der Waals surface area contributed by atoms with E-state index in [9.17, 15) is 24.3 Å². The zero-order valence-corrected chi connectivity index (χ0v) is 28.2. The van der Waals surface area contributed by atoms with Gasteiger partial charge in [0.25, 0.3) is 0 Å². The minimum Gasteiger partial charge on any atom is -0.460 e. The molecule has 3 aliphatic rings. The predicted molar refractivity (Wildman–Crippen MR) is 173 cm³/mol. The van der Waals surface area contributed by atoms with Crippen molar-refractivity contribution in [3.05, 3.63) is 61.2 Å². The third-order valence-corrected chi connectivity index (χ3v) is 9.86. The Morgan fingerprint density at radius 1 is 1.24 bits per heavy atom. The molecule has 1 aromatic carbocycles. The molecule has 8 atom stereocenters. The summed E-state index contributed by atoms with van der Waals surface area (Å²) in [5, 5.41) is 13.4. The van der Waals surface area contributed by atoms with Crippen LogP contribution in [-0.2, 0) is 35.1 Å². The monoisotopic (exact) mass is 687 g/mol. The first-order valence-electron chi connectivity index (χ1n) is 15.6. The van der Waals surface area contributed by atoms with E-state index in [2.05, 4.69) is 34.4 Å². The van der Waals surface area contributed by atoms with E-state index in [4.69, 9.17) is 9.47 Å². The number of fused-ring (bicyclic) bond motifs is 1. The van der Waals surface area contributed by atoms with Crippen LogP contribution in [0, 0.1) is 11.8 Å². The molecule has 3 aliphatic heterocycles. The number of benzene rings is 1. The van der Waals surface area contributed by atoms with Gasteiger partial charge in [-0.05, 0) is 52.5 Å². The van der Waals surface area contributed by atoms with Crippen LogP contribution in [0.2, 0.25) is 0 Å². The van der Waals surface area contributed by atoms with Gasteiger partial charge in [0.2, 0.25) is 17.7 Å². The normalized spacial score (nSPS) is 28.3. The Balaban J connectivity index is 1.70. The fourth-order valence-corrected chi connectivity index (χ4v) is 7.96. The van der Waals surface area contributed by atoms with Crippen molar-refractivity contribution < 1.29 is 33.8 Å². The van der Waals surface area contributed by atoms with E-state index < -0.39 is 59.1 Å². The third kappa shape index (κ3) is 6.90. The van der Waals surface area contributed by atoms with Gasteiger partial charge in [-0.1, -0.05) is 58.4 Å². The summed E-state index contributed by atoms with van der Waals surface area (Å²) in [7, 11) is 0. The Morgan fingerprint density at radius 2 is 1.93 bits per heavy atom.